The molecule has 2 aromatic rings. The topological polar surface area (TPSA) is 55.4 Å². The summed E-state index contributed by atoms with van der Waals surface area (Å²) in [4.78, 5) is 0. The average molecular weight is 347 g/mol. The first kappa shape index (κ1) is 18.5. The number of hydrogen-bond acceptors (Lipinski definition) is 3. The Morgan fingerprint density at radius 1 is 1.08 bits per heavy atom. The molecule has 0 amide bonds. The van der Waals surface area contributed by atoms with Crippen LogP contribution in [0.15, 0.2) is 42.5 Å². The van der Waals surface area contributed by atoms with Gasteiger partial charge in [0.15, 0.2) is 0 Å². The molecule has 0 aromatic heterocycles. The van der Waals surface area contributed by atoms with E-state index in [2.05, 4.69) is 4.72 Å². The zero-order valence-corrected chi connectivity index (χ0v) is 15.5. The molecule has 1 N–H and O–H groups in total. The summed E-state index contributed by atoms with van der Waals surface area (Å²) in [6.45, 7) is 5.91. The molecule has 0 aliphatic rings. The number of hydrogen-bond donors (Lipinski definition) is 1. The standard InChI is InChI=1S/C19H25NO3S/c1-5-18(17-10-11-19(23-4)15(3)12-17)20-24(21,22)13-16-8-6-14(2)7-9-16/h6-12,18,20H,5,13H2,1-4H3. The smallest absolute Gasteiger partial charge is 0.216 e. The molecule has 0 saturated heterocycles. The van der Waals surface area contributed by atoms with Gasteiger partial charge in [-0.3, -0.25) is 0 Å². The number of sulfonamides is 1. The van der Waals surface area contributed by atoms with Crippen molar-refractivity contribution in [2.24, 2.45) is 0 Å². The van der Waals surface area contributed by atoms with Crippen LogP contribution in [0.2, 0.25) is 0 Å². The lowest BCUT2D eigenvalue weighted by Gasteiger charge is -2.19. The van der Waals surface area contributed by atoms with Crippen molar-refractivity contribution < 1.29 is 13.2 Å². The van der Waals surface area contributed by atoms with E-state index in [1.54, 1.807) is 7.11 Å². The van der Waals surface area contributed by atoms with Crippen LogP contribution in [0.25, 0.3) is 0 Å². The monoisotopic (exact) mass is 347 g/mol. The summed E-state index contributed by atoms with van der Waals surface area (Å²) in [7, 11) is -1.79. The molecule has 4 nitrogen and oxygen atoms in total. The van der Waals surface area contributed by atoms with E-state index < -0.39 is 10.0 Å². The van der Waals surface area contributed by atoms with E-state index in [4.69, 9.17) is 4.74 Å². The summed E-state index contributed by atoms with van der Waals surface area (Å²) in [5.41, 5.74) is 3.84. The second kappa shape index (κ2) is 7.81. The van der Waals surface area contributed by atoms with Crippen molar-refractivity contribution in [1.29, 1.82) is 0 Å². The van der Waals surface area contributed by atoms with Crippen molar-refractivity contribution in [1.82, 2.24) is 4.72 Å². The summed E-state index contributed by atoms with van der Waals surface area (Å²) >= 11 is 0. The van der Waals surface area contributed by atoms with Gasteiger partial charge in [-0.1, -0.05) is 48.9 Å². The summed E-state index contributed by atoms with van der Waals surface area (Å²) < 4.78 is 33.1. The maximum Gasteiger partial charge on any atom is 0.216 e. The molecular weight excluding hydrogens is 322 g/mol. The third-order valence-electron chi connectivity index (χ3n) is 4.03. The number of benzene rings is 2. The molecule has 130 valence electrons. The summed E-state index contributed by atoms with van der Waals surface area (Å²) in [6, 6.07) is 13.1. The van der Waals surface area contributed by atoms with E-state index >= 15 is 0 Å². The first-order valence-electron chi connectivity index (χ1n) is 8.04. The molecule has 0 saturated carbocycles. The van der Waals surface area contributed by atoms with Gasteiger partial charge >= 0.3 is 0 Å². The van der Waals surface area contributed by atoms with Crippen LogP contribution in [0, 0.1) is 13.8 Å². The van der Waals surface area contributed by atoms with Crippen LogP contribution in [0.5, 0.6) is 5.75 Å². The van der Waals surface area contributed by atoms with Crippen molar-refractivity contribution in [2.75, 3.05) is 7.11 Å². The van der Waals surface area contributed by atoms with Crippen molar-refractivity contribution in [3.63, 3.8) is 0 Å². The van der Waals surface area contributed by atoms with Gasteiger partial charge in [0.25, 0.3) is 0 Å². The molecule has 0 fully saturated rings. The molecule has 0 aliphatic heterocycles. The first-order valence-corrected chi connectivity index (χ1v) is 9.70. The van der Waals surface area contributed by atoms with E-state index in [0.717, 1.165) is 28.0 Å². The lowest BCUT2D eigenvalue weighted by atomic mass is 10.0. The lowest BCUT2D eigenvalue weighted by molar-refractivity contribution is 0.411. The van der Waals surface area contributed by atoms with E-state index in [1.165, 1.54) is 0 Å². The molecule has 24 heavy (non-hydrogen) atoms. The van der Waals surface area contributed by atoms with Crippen LogP contribution in [-0.4, -0.2) is 15.5 Å². The van der Waals surface area contributed by atoms with Crippen LogP contribution in [0.3, 0.4) is 0 Å². The third-order valence-corrected chi connectivity index (χ3v) is 5.39. The van der Waals surface area contributed by atoms with Crippen LogP contribution in [0.4, 0.5) is 0 Å². The highest BCUT2D eigenvalue weighted by atomic mass is 32.2. The third kappa shape index (κ3) is 4.82. The van der Waals surface area contributed by atoms with Crippen LogP contribution in [0.1, 0.15) is 41.6 Å². The normalized spacial score (nSPS) is 12.8. The highest BCUT2D eigenvalue weighted by molar-refractivity contribution is 7.88. The second-order valence-electron chi connectivity index (χ2n) is 6.05. The average Bonchev–Trinajstić information content (AvgIpc) is 2.54. The fraction of sp³-hybridized carbons (Fsp3) is 0.368. The molecule has 2 aromatic carbocycles. The highest BCUT2D eigenvalue weighted by Gasteiger charge is 2.19. The van der Waals surface area contributed by atoms with Gasteiger partial charge in [0.05, 0.1) is 12.9 Å². The van der Waals surface area contributed by atoms with Crippen LogP contribution >= 0.6 is 0 Å². The van der Waals surface area contributed by atoms with Gasteiger partial charge in [0.2, 0.25) is 10.0 Å². The summed E-state index contributed by atoms with van der Waals surface area (Å²) in [5, 5.41) is 0. The molecule has 1 atom stereocenters. The molecule has 0 aliphatic carbocycles. The van der Waals surface area contributed by atoms with Crippen molar-refractivity contribution >= 4 is 10.0 Å². The number of aryl methyl sites for hydroxylation is 2. The minimum Gasteiger partial charge on any atom is -0.496 e. The van der Waals surface area contributed by atoms with E-state index in [1.807, 2.05) is 63.2 Å². The summed E-state index contributed by atoms with van der Waals surface area (Å²) in [6.07, 6.45) is 0.679. The maximum atomic E-state index is 12.5. The quantitative estimate of drug-likeness (QED) is 0.827. The molecule has 0 radical (unpaired) electrons. The Labute approximate surface area is 144 Å². The van der Waals surface area contributed by atoms with Crippen LogP contribution < -0.4 is 9.46 Å². The molecular formula is C19H25NO3S. The van der Waals surface area contributed by atoms with Gasteiger partial charge in [0.1, 0.15) is 5.75 Å². The zero-order chi connectivity index (χ0) is 17.7. The Morgan fingerprint density at radius 3 is 2.29 bits per heavy atom. The van der Waals surface area contributed by atoms with Gasteiger partial charge in [-0.2, -0.15) is 0 Å². The number of rotatable bonds is 7. The molecule has 0 spiro atoms. The van der Waals surface area contributed by atoms with Gasteiger partial charge in [-0.25, -0.2) is 13.1 Å². The Kier molecular flexibility index (Phi) is 6.02. The van der Waals surface area contributed by atoms with Crippen molar-refractivity contribution in [3.05, 3.63) is 64.7 Å². The van der Waals surface area contributed by atoms with E-state index in [0.29, 0.717) is 6.42 Å². The van der Waals surface area contributed by atoms with Gasteiger partial charge < -0.3 is 4.74 Å². The Hall–Kier alpha value is -1.85. The lowest BCUT2D eigenvalue weighted by Crippen LogP contribution is -2.29. The Morgan fingerprint density at radius 2 is 1.75 bits per heavy atom. The number of nitrogens with one attached hydrogen (secondary N) is 1. The minimum atomic E-state index is -3.42. The molecule has 1 unspecified atom stereocenters. The minimum absolute atomic E-state index is 0.0150. The van der Waals surface area contributed by atoms with Gasteiger partial charge in [-0.05, 0) is 43.0 Å². The second-order valence-corrected chi connectivity index (χ2v) is 7.81. The molecule has 0 bridgehead atoms. The van der Waals surface area contributed by atoms with E-state index in [-0.39, 0.29) is 11.8 Å². The van der Waals surface area contributed by atoms with Crippen molar-refractivity contribution in [2.45, 2.75) is 39.0 Å². The molecule has 5 heteroatoms. The maximum absolute atomic E-state index is 12.5. The van der Waals surface area contributed by atoms with Gasteiger partial charge in [0, 0.05) is 6.04 Å². The number of methoxy groups -OCH3 is 1. The predicted molar refractivity (Wildman–Crippen MR) is 97.7 cm³/mol. The van der Waals surface area contributed by atoms with Crippen molar-refractivity contribution in [3.8, 4) is 5.75 Å². The molecule has 2 rings (SSSR count). The van der Waals surface area contributed by atoms with E-state index in [9.17, 15) is 8.42 Å². The fourth-order valence-corrected chi connectivity index (χ4v) is 4.12. The van der Waals surface area contributed by atoms with Crippen LogP contribution in [-0.2, 0) is 15.8 Å². The Bertz CT molecular complexity index is 783. The first-order chi connectivity index (χ1) is 11.3. The zero-order valence-electron chi connectivity index (χ0n) is 14.7. The predicted octanol–water partition coefficient (Wildman–Crippen LogP) is 3.88. The van der Waals surface area contributed by atoms with Gasteiger partial charge in [-0.15, -0.1) is 0 Å². The SMILES string of the molecule is CCC(NS(=O)(=O)Cc1ccc(C)cc1)c1ccc(OC)c(C)c1. The fourth-order valence-electron chi connectivity index (χ4n) is 2.67. The highest BCUT2D eigenvalue weighted by Crippen LogP contribution is 2.25. The Balaban J connectivity index is 2.16. The largest absolute Gasteiger partial charge is 0.496 e. The molecule has 0 heterocycles. The summed E-state index contributed by atoms with van der Waals surface area (Å²) in [5.74, 6) is 0.787. The number of ether oxygens (including phenoxy) is 1.